The summed E-state index contributed by atoms with van der Waals surface area (Å²) in [7, 11) is 5.01. The lowest BCUT2D eigenvalue weighted by atomic mass is 10.1. The second-order valence-corrected chi connectivity index (χ2v) is 10.8. The molecular formula is C31H34FN3O4S2. The third kappa shape index (κ3) is 9.34. The molecule has 216 valence electrons. The molecule has 4 rings (SSSR count). The van der Waals surface area contributed by atoms with E-state index in [1.54, 1.807) is 32.4 Å². The van der Waals surface area contributed by atoms with Crippen molar-refractivity contribution in [3.8, 4) is 17.2 Å². The van der Waals surface area contributed by atoms with Crippen molar-refractivity contribution in [2.75, 3.05) is 38.2 Å². The Labute approximate surface area is 248 Å². The highest BCUT2D eigenvalue weighted by molar-refractivity contribution is 7.99. The van der Waals surface area contributed by atoms with Gasteiger partial charge in [0.1, 0.15) is 11.6 Å². The Bertz CT molecular complexity index is 1420. The van der Waals surface area contributed by atoms with Gasteiger partial charge in [0, 0.05) is 50.6 Å². The molecule has 0 saturated heterocycles. The standard InChI is InChI=1S/C22H20FNO2S.C9H14N2O2S/c1-15(25)22(26-19-10-8-18(24-2)9-11-19)16-4-3-5-21(14-16)27-20-12-6-17(23)7-13-20;1-12-7-3-6(11)9(14-5-10)4-8(7)13-2/h3-14,22,24H,1-2H3;3-4H,5,10-11H2,1-2H3. The summed E-state index contributed by atoms with van der Waals surface area (Å²) in [5.41, 5.74) is 13.6. The molecule has 0 aliphatic heterocycles. The van der Waals surface area contributed by atoms with E-state index >= 15 is 0 Å². The fourth-order valence-corrected chi connectivity index (χ4v) is 5.17. The third-order valence-electron chi connectivity index (χ3n) is 5.73. The lowest BCUT2D eigenvalue weighted by molar-refractivity contribution is -0.123. The number of hydrogen-bond donors (Lipinski definition) is 3. The van der Waals surface area contributed by atoms with E-state index in [2.05, 4.69) is 5.32 Å². The molecule has 0 bridgehead atoms. The fraction of sp³-hybridized carbons (Fsp3) is 0.194. The van der Waals surface area contributed by atoms with Crippen LogP contribution in [0.25, 0.3) is 0 Å². The van der Waals surface area contributed by atoms with Crippen molar-refractivity contribution in [3.63, 3.8) is 0 Å². The van der Waals surface area contributed by atoms with Crippen LogP contribution in [0.2, 0.25) is 0 Å². The quantitative estimate of drug-likeness (QED) is 0.0957. The topological polar surface area (TPSA) is 109 Å². The number of anilines is 2. The molecule has 0 heterocycles. The Morgan fingerprint density at radius 2 is 1.59 bits per heavy atom. The summed E-state index contributed by atoms with van der Waals surface area (Å²) < 4.78 is 29.3. The molecule has 41 heavy (non-hydrogen) atoms. The predicted molar refractivity (Wildman–Crippen MR) is 166 cm³/mol. The molecule has 0 radical (unpaired) electrons. The molecule has 4 aromatic rings. The van der Waals surface area contributed by atoms with Gasteiger partial charge in [0.2, 0.25) is 0 Å². The van der Waals surface area contributed by atoms with E-state index in [1.165, 1.54) is 42.6 Å². The summed E-state index contributed by atoms with van der Waals surface area (Å²) in [6.07, 6.45) is -0.681. The smallest absolute Gasteiger partial charge is 0.181 e. The molecule has 1 atom stereocenters. The van der Waals surface area contributed by atoms with Crippen LogP contribution in [0.5, 0.6) is 17.2 Å². The first-order chi connectivity index (χ1) is 19.8. The SMILES string of the molecule is CNc1ccc(OC(C(C)=O)c2cccc(Sc3ccc(F)cc3)c2)cc1.COc1cc(N)c(SCN)cc1OC. The number of hydrogen-bond acceptors (Lipinski definition) is 9. The van der Waals surface area contributed by atoms with Gasteiger partial charge < -0.3 is 31.0 Å². The molecule has 7 nitrogen and oxygen atoms in total. The fourth-order valence-electron chi connectivity index (χ4n) is 3.69. The minimum Gasteiger partial charge on any atom is -0.493 e. The molecule has 0 fully saturated rings. The lowest BCUT2D eigenvalue weighted by Gasteiger charge is -2.18. The van der Waals surface area contributed by atoms with Gasteiger partial charge in [0.15, 0.2) is 23.4 Å². The molecule has 0 aliphatic carbocycles. The normalized spacial score (nSPS) is 11.1. The molecule has 5 N–H and O–H groups in total. The van der Waals surface area contributed by atoms with Gasteiger partial charge in [0.25, 0.3) is 0 Å². The van der Waals surface area contributed by atoms with E-state index in [4.69, 9.17) is 25.7 Å². The summed E-state index contributed by atoms with van der Waals surface area (Å²) in [6, 6.07) is 25.0. The zero-order valence-electron chi connectivity index (χ0n) is 23.3. The van der Waals surface area contributed by atoms with E-state index in [9.17, 15) is 9.18 Å². The second kappa shape index (κ2) is 15.8. The van der Waals surface area contributed by atoms with Crippen LogP contribution in [-0.4, -0.2) is 32.9 Å². The van der Waals surface area contributed by atoms with Gasteiger partial charge in [-0.15, -0.1) is 11.8 Å². The molecular weight excluding hydrogens is 561 g/mol. The van der Waals surface area contributed by atoms with Gasteiger partial charge in [-0.05, 0) is 73.7 Å². The van der Waals surface area contributed by atoms with Gasteiger partial charge >= 0.3 is 0 Å². The Morgan fingerprint density at radius 3 is 2.17 bits per heavy atom. The van der Waals surface area contributed by atoms with Crippen molar-refractivity contribution in [3.05, 3.63) is 96.3 Å². The number of thioether (sulfide) groups is 1. The van der Waals surface area contributed by atoms with E-state index in [0.29, 0.717) is 28.8 Å². The first kappa shape index (κ1) is 31.7. The Morgan fingerprint density at radius 1 is 0.927 bits per heavy atom. The number of carbonyl (C=O) groups excluding carboxylic acids is 1. The summed E-state index contributed by atoms with van der Waals surface area (Å²) in [5.74, 6) is 2.08. The van der Waals surface area contributed by atoms with Gasteiger partial charge in [0.05, 0.1) is 14.2 Å². The van der Waals surface area contributed by atoms with Crippen LogP contribution in [0, 0.1) is 5.82 Å². The molecule has 10 heteroatoms. The average molecular weight is 596 g/mol. The van der Waals surface area contributed by atoms with Crippen molar-refractivity contribution in [1.29, 1.82) is 0 Å². The number of benzene rings is 4. The Balaban J connectivity index is 0.000000278. The lowest BCUT2D eigenvalue weighted by Crippen LogP contribution is -2.16. The number of halogens is 1. The highest BCUT2D eigenvalue weighted by atomic mass is 32.2. The molecule has 1 unspecified atom stereocenters. The van der Waals surface area contributed by atoms with Crippen LogP contribution in [0.4, 0.5) is 15.8 Å². The molecule has 0 aromatic heterocycles. The number of nitrogens with two attached hydrogens (primary N) is 2. The van der Waals surface area contributed by atoms with Crippen molar-refractivity contribution in [1.82, 2.24) is 0 Å². The number of Topliss-reactive ketones (excluding diaryl/α,β-unsaturated/α-hetero) is 1. The zero-order valence-corrected chi connectivity index (χ0v) is 25.0. The van der Waals surface area contributed by atoms with Crippen LogP contribution in [0.3, 0.4) is 0 Å². The van der Waals surface area contributed by atoms with Crippen molar-refractivity contribution in [2.24, 2.45) is 5.73 Å². The minimum atomic E-state index is -0.681. The molecule has 0 amide bonds. The number of rotatable bonds is 11. The van der Waals surface area contributed by atoms with E-state index in [0.717, 1.165) is 25.9 Å². The number of ketones is 1. The van der Waals surface area contributed by atoms with Crippen LogP contribution in [0.15, 0.2) is 99.6 Å². The maximum Gasteiger partial charge on any atom is 0.181 e. The Kier molecular flexibility index (Phi) is 12.2. The van der Waals surface area contributed by atoms with E-state index in [-0.39, 0.29) is 11.6 Å². The number of nitrogen functional groups attached to an aromatic ring is 1. The third-order valence-corrected chi connectivity index (χ3v) is 7.56. The molecule has 4 aromatic carbocycles. The maximum absolute atomic E-state index is 13.1. The van der Waals surface area contributed by atoms with Crippen LogP contribution >= 0.6 is 23.5 Å². The predicted octanol–water partition coefficient (Wildman–Crippen LogP) is 7.02. The molecule has 0 saturated carbocycles. The summed E-state index contributed by atoms with van der Waals surface area (Å²) >= 11 is 2.98. The molecule has 0 spiro atoms. The average Bonchev–Trinajstić information content (AvgIpc) is 2.98. The van der Waals surface area contributed by atoms with Gasteiger partial charge in [-0.2, -0.15) is 0 Å². The molecule has 0 aliphatic rings. The van der Waals surface area contributed by atoms with Crippen LogP contribution in [0.1, 0.15) is 18.6 Å². The van der Waals surface area contributed by atoms with Crippen molar-refractivity contribution < 1.29 is 23.4 Å². The number of nitrogens with one attached hydrogen (secondary N) is 1. The van der Waals surface area contributed by atoms with Crippen molar-refractivity contribution >= 4 is 40.7 Å². The minimum absolute atomic E-state index is 0.0726. The van der Waals surface area contributed by atoms with Crippen LogP contribution < -0.4 is 31.0 Å². The van der Waals surface area contributed by atoms with Gasteiger partial charge in [-0.25, -0.2) is 4.39 Å². The number of methoxy groups -OCH3 is 2. The summed E-state index contributed by atoms with van der Waals surface area (Å²) in [6.45, 7) is 1.52. The van der Waals surface area contributed by atoms with Gasteiger partial charge in [-0.1, -0.05) is 23.9 Å². The maximum atomic E-state index is 13.1. The van der Waals surface area contributed by atoms with Gasteiger partial charge in [-0.3, -0.25) is 4.79 Å². The van der Waals surface area contributed by atoms with Crippen molar-refractivity contribution in [2.45, 2.75) is 27.7 Å². The number of ether oxygens (including phenoxy) is 3. The summed E-state index contributed by atoms with van der Waals surface area (Å²) in [4.78, 5) is 15.0. The van der Waals surface area contributed by atoms with Crippen LogP contribution in [-0.2, 0) is 4.79 Å². The van der Waals surface area contributed by atoms with E-state index < -0.39 is 6.10 Å². The highest BCUT2D eigenvalue weighted by Gasteiger charge is 2.19. The first-order valence-corrected chi connectivity index (χ1v) is 14.4. The van der Waals surface area contributed by atoms with E-state index in [1.807, 2.05) is 61.6 Å². The zero-order chi connectivity index (χ0) is 29.8. The summed E-state index contributed by atoms with van der Waals surface area (Å²) in [5, 5.41) is 3.05. The number of carbonyl (C=O) groups is 1. The first-order valence-electron chi connectivity index (χ1n) is 12.6. The largest absolute Gasteiger partial charge is 0.493 e. The second-order valence-electron chi connectivity index (χ2n) is 8.57. The Hall–Kier alpha value is -3.86. The monoisotopic (exact) mass is 595 g/mol. The highest BCUT2D eigenvalue weighted by Crippen LogP contribution is 2.36.